The highest BCUT2D eigenvalue weighted by Crippen LogP contribution is 2.27. The Labute approximate surface area is 196 Å². The Hall–Kier alpha value is -3.42. The van der Waals surface area contributed by atoms with Crippen LogP contribution in [0.15, 0.2) is 72.8 Å². The summed E-state index contributed by atoms with van der Waals surface area (Å²) in [5.74, 6) is -1.03. The minimum atomic E-state index is -0.638. The number of benzene rings is 3. The first-order chi connectivity index (χ1) is 16.0. The molecule has 0 bridgehead atoms. The van der Waals surface area contributed by atoms with Crippen molar-refractivity contribution in [2.45, 2.75) is 12.5 Å². The van der Waals surface area contributed by atoms with Gasteiger partial charge in [0.15, 0.2) is 0 Å². The zero-order valence-corrected chi connectivity index (χ0v) is 18.8. The number of hydrogen-bond acceptors (Lipinski definition) is 4. The van der Waals surface area contributed by atoms with Gasteiger partial charge in [0.2, 0.25) is 5.91 Å². The van der Waals surface area contributed by atoms with E-state index in [0.717, 1.165) is 5.56 Å². The van der Waals surface area contributed by atoms with Gasteiger partial charge in [-0.15, -0.1) is 0 Å². The highest BCUT2D eigenvalue weighted by molar-refractivity contribution is 6.33. The number of methoxy groups -OCH3 is 1. The van der Waals surface area contributed by atoms with Crippen molar-refractivity contribution >= 4 is 29.1 Å². The van der Waals surface area contributed by atoms with Crippen LogP contribution in [0.2, 0.25) is 5.02 Å². The van der Waals surface area contributed by atoms with Gasteiger partial charge < -0.3 is 20.1 Å². The summed E-state index contributed by atoms with van der Waals surface area (Å²) in [6.45, 7) is 0.584. The van der Waals surface area contributed by atoms with Gasteiger partial charge in [-0.1, -0.05) is 54.1 Å². The van der Waals surface area contributed by atoms with Crippen LogP contribution in [0.5, 0.6) is 5.75 Å². The topological polar surface area (TPSA) is 76.7 Å². The van der Waals surface area contributed by atoms with Crippen LogP contribution in [0, 0.1) is 5.82 Å². The summed E-state index contributed by atoms with van der Waals surface area (Å²) in [7, 11) is 1.54. The van der Waals surface area contributed by atoms with Crippen molar-refractivity contribution in [1.29, 1.82) is 0 Å². The maximum absolute atomic E-state index is 13.8. The molecule has 0 heterocycles. The predicted octanol–water partition coefficient (Wildman–Crippen LogP) is 5.00. The molecule has 0 fully saturated rings. The van der Waals surface area contributed by atoms with E-state index in [1.807, 2.05) is 30.3 Å². The average molecular weight is 471 g/mol. The molecule has 2 N–H and O–H groups in total. The summed E-state index contributed by atoms with van der Waals surface area (Å²) in [5, 5.41) is 5.86. The van der Waals surface area contributed by atoms with Crippen molar-refractivity contribution in [3.05, 3.63) is 94.8 Å². The number of anilines is 1. The van der Waals surface area contributed by atoms with Crippen molar-refractivity contribution in [2.24, 2.45) is 0 Å². The molecule has 1 atom stereocenters. The van der Waals surface area contributed by atoms with E-state index in [0.29, 0.717) is 22.9 Å². The van der Waals surface area contributed by atoms with Crippen LogP contribution in [0.4, 0.5) is 10.1 Å². The second-order valence-corrected chi connectivity index (χ2v) is 7.56. The molecule has 0 aliphatic rings. The van der Waals surface area contributed by atoms with Crippen molar-refractivity contribution < 1.29 is 23.5 Å². The zero-order chi connectivity index (χ0) is 23.6. The van der Waals surface area contributed by atoms with E-state index >= 15 is 0 Å². The van der Waals surface area contributed by atoms with E-state index in [1.54, 1.807) is 24.3 Å². The van der Waals surface area contributed by atoms with Crippen LogP contribution in [0.1, 0.15) is 28.4 Å². The standard InChI is InChI=1S/C25H24ClFN2O4/c1-32-13-14-33-23-12-11-18(27)15-22(23)28-24(30)16-21(17-7-3-2-4-8-17)29-25(31)19-9-5-6-10-20(19)26/h2-12,15,21H,13-14,16H2,1H3,(H,28,30)(H,29,31). The summed E-state index contributed by atoms with van der Waals surface area (Å²) in [6, 6.07) is 19.0. The smallest absolute Gasteiger partial charge is 0.253 e. The van der Waals surface area contributed by atoms with Crippen LogP contribution >= 0.6 is 11.6 Å². The summed E-state index contributed by atoms with van der Waals surface area (Å²) in [6.07, 6.45) is -0.0891. The van der Waals surface area contributed by atoms with Gasteiger partial charge in [0, 0.05) is 13.2 Å². The summed E-state index contributed by atoms with van der Waals surface area (Å²) in [5.41, 5.74) is 1.24. The molecule has 1 unspecified atom stereocenters. The van der Waals surface area contributed by atoms with Gasteiger partial charge in [-0.05, 0) is 29.8 Å². The van der Waals surface area contributed by atoms with E-state index in [-0.39, 0.29) is 18.7 Å². The third kappa shape index (κ3) is 7.03. The Kier molecular flexibility index (Phi) is 8.80. The number of ether oxygens (including phenoxy) is 2. The number of hydrogen-bond donors (Lipinski definition) is 2. The van der Waals surface area contributed by atoms with Crippen molar-refractivity contribution in [2.75, 3.05) is 25.6 Å². The first kappa shape index (κ1) is 24.2. The molecule has 0 spiro atoms. The number of amides is 2. The molecule has 0 aliphatic heterocycles. The lowest BCUT2D eigenvalue weighted by Crippen LogP contribution is -2.31. The maximum Gasteiger partial charge on any atom is 0.253 e. The molecule has 3 rings (SSSR count). The van der Waals surface area contributed by atoms with Gasteiger partial charge in [-0.25, -0.2) is 4.39 Å². The number of nitrogens with one attached hydrogen (secondary N) is 2. The highest BCUT2D eigenvalue weighted by Gasteiger charge is 2.21. The molecule has 8 heteroatoms. The lowest BCUT2D eigenvalue weighted by Gasteiger charge is -2.20. The molecule has 172 valence electrons. The fourth-order valence-corrected chi connectivity index (χ4v) is 3.39. The zero-order valence-electron chi connectivity index (χ0n) is 18.0. The monoisotopic (exact) mass is 470 g/mol. The Morgan fingerprint density at radius 1 is 1.00 bits per heavy atom. The Morgan fingerprint density at radius 3 is 2.45 bits per heavy atom. The van der Waals surface area contributed by atoms with Gasteiger partial charge >= 0.3 is 0 Å². The predicted molar refractivity (Wildman–Crippen MR) is 125 cm³/mol. The lowest BCUT2D eigenvalue weighted by atomic mass is 10.0. The molecular formula is C25H24ClFN2O4. The van der Waals surface area contributed by atoms with E-state index in [1.165, 1.54) is 25.3 Å². The minimum Gasteiger partial charge on any atom is -0.489 e. The van der Waals surface area contributed by atoms with Crippen molar-refractivity contribution in [3.63, 3.8) is 0 Å². The number of carbonyl (C=O) groups is 2. The van der Waals surface area contributed by atoms with Crippen LogP contribution in [0.3, 0.4) is 0 Å². The SMILES string of the molecule is COCCOc1ccc(F)cc1NC(=O)CC(NC(=O)c1ccccc1Cl)c1ccccc1. The molecule has 0 aromatic heterocycles. The molecule has 33 heavy (non-hydrogen) atoms. The van der Waals surface area contributed by atoms with Gasteiger partial charge in [-0.3, -0.25) is 9.59 Å². The molecule has 3 aromatic carbocycles. The van der Waals surface area contributed by atoms with Gasteiger partial charge in [0.25, 0.3) is 5.91 Å². The molecule has 0 aliphatic carbocycles. The van der Waals surface area contributed by atoms with Gasteiger partial charge in [0.05, 0.1) is 35.3 Å². The lowest BCUT2D eigenvalue weighted by molar-refractivity contribution is -0.116. The van der Waals surface area contributed by atoms with E-state index in [9.17, 15) is 14.0 Å². The Bertz CT molecular complexity index is 1090. The highest BCUT2D eigenvalue weighted by atomic mass is 35.5. The number of carbonyl (C=O) groups excluding carboxylic acids is 2. The summed E-state index contributed by atoms with van der Waals surface area (Å²) < 4.78 is 24.3. The second kappa shape index (κ2) is 12.0. The second-order valence-electron chi connectivity index (χ2n) is 7.15. The first-order valence-corrected chi connectivity index (χ1v) is 10.7. The number of rotatable bonds is 10. The molecule has 0 saturated heterocycles. The summed E-state index contributed by atoms with van der Waals surface area (Å²) in [4.78, 5) is 25.7. The van der Waals surface area contributed by atoms with Crippen LogP contribution in [-0.2, 0) is 9.53 Å². The largest absolute Gasteiger partial charge is 0.489 e. The van der Waals surface area contributed by atoms with Crippen molar-refractivity contribution in [3.8, 4) is 5.75 Å². The van der Waals surface area contributed by atoms with Crippen LogP contribution in [-0.4, -0.2) is 32.1 Å². The molecule has 6 nitrogen and oxygen atoms in total. The fraction of sp³-hybridized carbons (Fsp3) is 0.200. The van der Waals surface area contributed by atoms with E-state index in [4.69, 9.17) is 21.1 Å². The Morgan fingerprint density at radius 2 is 1.73 bits per heavy atom. The number of halogens is 2. The van der Waals surface area contributed by atoms with Crippen molar-refractivity contribution in [1.82, 2.24) is 5.32 Å². The van der Waals surface area contributed by atoms with E-state index in [2.05, 4.69) is 10.6 Å². The van der Waals surface area contributed by atoms with E-state index < -0.39 is 23.7 Å². The Balaban J connectivity index is 1.77. The first-order valence-electron chi connectivity index (χ1n) is 10.3. The maximum atomic E-state index is 13.8. The molecule has 0 saturated carbocycles. The average Bonchev–Trinajstić information content (AvgIpc) is 2.81. The normalized spacial score (nSPS) is 11.5. The fourth-order valence-electron chi connectivity index (χ4n) is 3.17. The quantitative estimate of drug-likeness (QED) is 0.409. The van der Waals surface area contributed by atoms with Crippen LogP contribution in [0.25, 0.3) is 0 Å². The van der Waals surface area contributed by atoms with Crippen LogP contribution < -0.4 is 15.4 Å². The third-order valence-electron chi connectivity index (χ3n) is 4.78. The van der Waals surface area contributed by atoms with Gasteiger partial charge in [0.1, 0.15) is 18.2 Å². The minimum absolute atomic E-state index is 0.0891. The molecular weight excluding hydrogens is 447 g/mol. The van der Waals surface area contributed by atoms with Gasteiger partial charge in [-0.2, -0.15) is 0 Å². The summed E-state index contributed by atoms with van der Waals surface area (Å²) >= 11 is 6.15. The molecule has 3 aromatic rings. The molecule has 2 amide bonds. The molecule has 0 radical (unpaired) electrons. The third-order valence-corrected chi connectivity index (χ3v) is 5.11.